The normalized spacial score (nSPS) is 14.2. The topological polar surface area (TPSA) is 40.9 Å². The second-order valence-electron chi connectivity index (χ2n) is 3.15. The molecule has 0 aliphatic carbocycles. The Kier molecular flexibility index (Phi) is 4.44. The van der Waals surface area contributed by atoms with Crippen LogP contribution in [0.15, 0.2) is 29.2 Å². The first-order valence-electron chi connectivity index (χ1n) is 4.72. The van der Waals surface area contributed by atoms with Crippen molar-refractivity contribution in [3.63, 3.8) is 0 Å². The maximum atomic E-state index is 12.9. The first-order valence-corrected chi connectivity index (χ1v) is 5.93. The molecule has 0 aliphatic rings. The summed E-state index contributed by atoms with van der Waals surface area (Å²) in [6.45, 7) is 1.87. The second-order valence-corrected chi connectivity index (χ2v) is 4.88. The Balaban J connectivity index is 2.88. The maximum absolute atomic E-state index is 12.9. The first-order chi connectivity index (χ1) is 7.19. The number of nitriles is 1. The minimum Gasteiger partial charge on any atom is -0.254 e. The van der Waals surface area contributed by atoms with Crippen LogP contribution in [-0.4, -0.2) is 9.46 Å². The molecule has 1 aromatic rings. The Bertz CT molecular complexity index is 400. The van der Waals surface area contributed by atoms with Crippen LogP contribution < -0.4 is 0 Å². The fourth-order valence-corrected chi connectivity index (χ4v) is 2.61. The third-order valence-electron chi connectivity index (χ3n) is 2.11. The van der Waals surface area contributed by atoms with Gasteiger partial charge in [-0.05, 0) is 24.6 Å². The zero-order valence-electron chi connectivity index (χ0n) is 8.44. The van der Waals surface area contributed by atoms with E-state index in [4.69, 9.17) is 5.26 Å². The summed E-state index contributed by atoms with van der Waals surface area (Å²) in [7, 11) is -1.29. The Morgan fingerprint density at radius 1 is 1.60 bits per heavy atom. The maximum Gasteiger partial charge on any atom is 0.124 e. The summed E-state index contributed by atoms with van der Waals surface area (Å²) in [4.78, 5) is 0.456. The molecule has 0 saturated carbocycles. The van der Waals surface area contributed by atoms with Gasteiger partial charge in [0.1, 0.15) is 5.82 Å². The summed E-state index contributed by atoms with van der Waals surface area (Å²) in [5.74, 6) is -0.396. The van der Waals surface area contributed by atoms with E-state index in [9.17, 15) is 8.60 Å². The minimum absolute atomic E-state index is 0.211. The van der Waals surface area contributed by atoms with Crippen molar-refractivity contribution >= 4 is 10.8 Å². The van der Waals surface area contributed by atoms with Crippen molar-refractivity contribution in [2.45, 2.75) is 29.9 Å². The summed E-state index contributed by atoms with van der Waals surface area (Å²) in [5, 5.41) is 8.35. The van der Waals surface area contributed by atoms with Gasteiger partial charge in [0.2, 0.25) is 0 Å². The largest absolute Gasteiger partial charge is 0.254 e. The Morgan fingerprint density at radius 3 is 2.87 bits per heavy atom. The van der Waals surface area contributed by atoms with E-state index in [1.807, 2.05) is 13.0 Å². The van der Waals surface area contributed by atoms with E-state index in [1.54, 1.807) is 6.07 Å². The van der Waals surface area contributed by atoms with Crippen LogP contribution in [0.3, 0.4) is 0 Å². The lowest BCUT2D eigenvalue weighted by atomic mass is 10.3. The molecule has 0 amide bonds. The van der Waals surface area contributed by atoms with E-state index in [2.05, 4.69) is 0 Å². The van der Waals surface area contributed by atoms with Crippen LogP contribution in [0.5, 0.6) is 0 Å². The SMILES string of the molecule is CCC(CC#N)S(=O)c1cccc(F)c1. The van der Waals surface area contributed by atoms with Crippen LogP contribution >= 0.6 is 0 Å². The molecule has 0 radical (unpaired) electrons. The molecule has 0 aromatic heterocycles. The zero-order chi connectivity index (χ0) is 11.3. The predicted octanol–water partition coefficient (Wildman–Crippen LogP) is 2.63. The van der Waals surface area contributed by atoms with Crippen molar-refractivity contribution in [3.8, 4) is 6.07 Å². The van der Waals surface area contributed by atoms with E-state index in [-0.39, 0.29) is 11.7 Å². The first kappa shape index (κ1) is 11.9. The van der Waals surface area contributed by atoms with Gasteiger partial charge in [0, 0.05) is 11.3 Å². The van der Waals surface area contributed by atoms with E-state index in [0.29, 0.717) is 11.3 Å². The third-order valence-corrected chi connectivity index (χ3v) is 3.93. The highest BCUT2D eigenvalue weighted by molar-refractivity contribution is 7.85. The second kappa shape index (κ2) is 5.62. The lowest BCUT2D eigenvalue weighted by Crippen LogP contribution is -2.13. The molecule has 4 heteroatoms. The van der Waals surface area contributed by atoms with Crippen LogP contribution in [0, 0.1) is 17.1 Å². The molecule has 0 saturated heterocycles. The van der Waals surface area contributed by atoms with Gasteiger partial charge in [-0.15, -0.1) is 0 Å². The molecular formula is C11H12FNOS. The molecule has 2 nitrogen and oxygen atoms in total. The molecule has 2 atom stereocenters. The fraction of sp³-hybridized carbons (Fsp3) is 0.364. The van der Waals surface area contributed by atoms with Crippen molar-refractivity contribution in [1.82, 2.24) is 0 Å². The molecular weight excluding hydrogens is 213 g/mol. The van der Waals surface area contributed by atoms with Crippen LogP contribution in [0.2, 0.25) is 0 Å². The quantitative estimate of drug-likeness (QED) is 0.790. The number of nitrogens with zero attached hydrogens (tertiary/aromatic N) is 1. The smallest absolute Gasteiger partial charge is 0.124 e. The molecule has 0 fully saturated rings. The molecule has 0 N–H and O–H groups in total. The van der Waals surface area contributed by atoms with Gasteiger partial charge in [-0.2, -0.15) is 5.26 Å². The average molecular weight is 225 g/mol. The minimum atomic E-state index is -1.29. The summed E-state index contributed by atoms with van der Waals surface area (Å²) in [6, 6.07) is 7.72. The molecule has 1 aromatic carbocycles. The van der Waals surface area contributed by atoms with Gasteiger partial charge in [-0.3, -0.25) is 4.21 Å². The molecule has 2 unspecified atom stereocenters. The van der Waals surface area contributed by atoms with E-state index in [0.717, 1.165) is 0 Å². The van der Waals surface area contributed by atoms with Crippen LogP contribution in [0.4, 0.5) is 4.39 Å². The predicted molar refractivity (Wildman–Crippen MR) is 57.1 cm³/mol. The van der Waals surface area contributed by atoms with Crippen LogP contribution in [0.1, 0.15) is 19.8 Å². The standard InChI is InChI=1S/C11H12FNOS/c1-2-10(6-7-13)15(14)11-5-3-4-9(12)8-11/h3-5,8,10H,2,6H2,1H3. The molecule has 80 valence electrons. The summed E-state index contributed by atoms with van der Waals surface area (Å²) in [6.07, 6.45) is 0.885. The van der Waals surface area contributed by atoms with Crippen molar-refractivity contribution < 1.29 is 8.60 Å². The van der Waals surface area contributed by atoms with Crippen LogP contribution in [0.25, 0.3) is 0 Å². The van der Waals surface area contributed by atoms with Crippen molar-refractivity contribution in [1.29, 1.82) is 5.26 Å². The van der Waals surface area contributed by atoms with Gasteiger partial charge >= 0.3 is 0 Å². The molecule has 1 rings (SSSR count). The Morgan fingerprint density at radius 2 is 2.33 bits per heavy atom. The highest BCUT2D eigenvalue weighted by atomic mass is 32.2. The van der Waals surface area contributed by atoms with E-state index in [1.165, 1.54) is 18.2 Å². The van der Waals surface area contributed by atoms with E-state index < -0.39 is 16.6 Å². The number of rotatable bonds is 4. The van der Waals surface area contributed by atoms with Gasteiger partial charge in [0.25, 0.3) is 0 Å². The lowest BCUT2D eigenvalue weighted by Gasteiger charge is -2.10. The van der Waals surface area contributed by atoms with Crippen molar-refractivity contribution in [2.75, 3.05) is 0 Å². The van der Waals surface area contributed by atoms with E-state index >= 15 is 0 Å². The molecule has 0 bridgehead atoms. The Hall–Kier alpha value is -1.21. The van der Waals surface area contributed by atoms with Gasteiger partial charge in [0.05, 0.1) is 22.1 Å². The molecule has 0 spiro atoms. The van der Waals surface area contributed by atoms with Gasteiger partial charge in [-0.25, -0.2) is 4.39 Å². The zero-order valence-corrected chi connectivity index (χ0v) is 9.26. The number of halogens is 1. The molecule has 0 heterocycles. The summed E-state index contributed by atoms with van der Waals surface area (Å²) >= 11 is 0. The summed E-state index contributed by atoms with van der Waals surface area (Å²) in [5.41, 5.74) is 0. The highest BCUT2D eigenvalue weighted by Crippen LogP contribution is 2.16. The van der Waals surface area contributed by atoms with Gasteiger partial charge in [0.15, 0.2) is 0 Å². The highest BCUT2D eigenvalue weighted by Gasteiger charge is 2.16. The van der Waals surface area contributed by atoms with Gasteiger partial charge < -0.3 is 0 Å². The number of benzene rings is 1. The van der Waals surface area contributed by atoms with Gasteiger partial charge in [-0.1, -0.05) is 13.0 Å². The summed E-state index contributed by atoms with van der Waals surface area (Å²) < 4.78 is 24.8. The fourth-order valence-electron chi connectivity index (χ4n) is 1.26. The monoisotopic (exact) mass is 225 g/mol. The Labute approximate surface area is 91.2 Å². The molecule has 0 aliphatic heterocycles. The number of hydrogen-bond acceptors (Lipinski definition) is 2. The average Bonchev–Trinajstić information content (AvgIpc) is 2.25. The lowest BCUT2D eigenvalue weighted by molar-refractivity contribution is 0.621. The molecule has 15 heavy (non-hydrogen) atoms. The van der Waals surface area contributed by atoms with Crippen molar-refractivity contribution in [2.24, 2.45) is 0 Å². The van der Waals surface area contributed by atoms with Crippen molar-refractivity contribution in [3.05, 3.63) is 30.1 Å². The number of hydrogen-bond donors (Lipinski definition) is 0. The third kappa shape index (κ3) is 3.14. The van der Waals surface area contributed by atoms with Crippen LogP contribution in [-0.2, 0) is 10.8 Å².